The predicted molar refractivity (Wildman–Crippen MR) is 73.6 cm³/mol. The van der Waals surface area contributed by atoms with Crippen molar-refractivity contribution in [3.8, 4) is 0 Å². The molecule has 0 radical (unpaired) electrons. The van der Waals surface area contributed by atoms with Crippen molar-refractivity contribution >= 4 is 11.8 Å². The summed E-state index contributed by atoms with van der Waals surface area (Å²) in [6.45, 7) is 6.14. The molecule has 4 nitrogen and oxygen atoms in total. The van der Waals surface area contributed by atoms with Gasteiger partial charge in [0, 0.05) is 13.1 Å². The van der Waals surface area contributed by atoms with Gasteiger partial charge >= 0.3 is 0 Å². The van der Waals surface area contributed by atoms with Gasteiger partial charge in [-0.3, -0.25) is 19.8 Å². The van der Waals surface area contributed by atoms with Crippen LogP contribution >= 0.6 is 0 Å². The summed E-state index contributed by atoms with van der Waals surface area (Å²) >= 11 is 0. The van der Waals surface area contributed by atoms with Crippen molar-refractivity contribution < 1.29 is 9.59 Å². The van der Waals surface area contributed by atoms with E-state index in [9.17, 15) is 9.59 Å². The molecule has 2 rings (SSSR count). The standard InChI is InChI=1S/C15H20N2O2/c1-9-5-6-12(10(2)7-9)11(3)16-13-8-14(18)17(4)15(13)19/h5-7,11,13,16H,8H2,1-4H3. The molecular weight excluding hydrogens is 240 g/mol. The predicted octanol–water partition coefficient (Wildman–Crippen LogP) is 1.71. The molecule has 1 aliphatic rings. The van der Waals surface area contributed by atoms with Crippen LogP contribution in [-0.4, -0.2) is 29.8 Å². The Morgan fingerprint density at radius 3 is 2.53 bits per heavy atom. The van der Waals surface area contributed by atoms with E-state index in [1.807, 2.05) is 6.92 Å². The molecule has 1 heterocycles. The van der Waals surface area contributed by atoms with Gasteiger partial charge in [0.1, 0.15) is 0 Å². The summed E-state index contributed by atoms with van der Waals surface area (Å²) in [6, 6.07) is 5.92. The van der Waals surface area contributed by atoms with E-state index in [1.54, 1.807) is 0 Å². The SMILES string of the molecule is Cc1ccc(C(C)NC2CC(=O)N(C)C2=O)c(C)c1. The van der Waals surface area contributed by atoms with Crippen LogP contribution in [0.2, 0.25) is 0 Å². The highest BCUT2D eigenvalue weighted by molar-refractivity contribution is 6.05. The molecule has 1 N–H and O–H groups in total. The van der Waals surface area contributed by atoms with Crippen LogP contribution in [0.4, 0.5) is 0 Å². The lowest BCUT2D eigenvalue weighted by Crippen LogP contribution is -2.38. The molecule has 1 saturated heterocycles. The molecule has 1 fully saturated rings. The number of amides is 2. The zero-order chi connectivity index (χ0) is 14.2. The van der Waals surface area contributed by atoms with E-state index in [0.717, 1.165) is 0 Å². The molecule has 2 unspecified atom stereocenters. The van der Waals surface area contributed by atoms with E-state index in [4.69, 9.17) is 0 Å². The fourth-order valence-corrected chi connectivity index (χ4v) is 2.59. The maximum Gasteiger partial charge on any atom is 0.246 e. The van der Waals surface area contributed by atoms with E-state index in [1.165, 1.54) is 28.6 Å². The van der Waals surface area contributed by atoms with Gasteiger partial charge in [0.25, 0.3) is 0 Å². The van der Waals surface area contributed by atoms with Gasteiger partial charge in [-0.2, -0.15) is 0 Å². The summed E-state index contributed by atoms with van der Waals surface area (Å²) in [5.74, 6) is -0.253. The highest BCUT2D eigenvalue weighted by Gasteiger charge is 2.36. The third-order valence-electron chi connectivity index (χ3n) is 3.72. The van der Waals surface area contributed by atoms with Crippen LogP contribution in [-0.2, 0) is 9.59 Å². The smallest absolute Gasteiger partial charge is 0.246 e. The quantitative estimate of drug-likeness (QED) is 0.842. The number of rotatable bonds is 3. The third-order valence-corrected chi connectivity index (χ3v) is 3.72. The first kappa shape index (κ1) is 13.7. The molecule has 2 atom stereocenters. The van der Waals surface area contributed by atoms with Gasteiger partial charge in [-0.25, -0.2) is 0 Å². The van der Waals surface area contributed by atoms with E-state index >= 15 is 0 Å². The second-order valence-corrected chi connectivity index (χ2v) is 5.30. The Labute approximate surface area is 113 Å². The van der Waals surface area contributed by atoms with Crippen molar-refractivity contribution in [2.45, 2.75) is 39.3 Å². The molecule has 2 amide bonds. The molecule has 4 heteroatoms. The molecule has 1 aliphatic heterocycles. The second kappa shape index (κ2) is 5.13. The molecule has 0 bridgehead atoms. The number of hydrogen-bond donors (Lipinski definition) is 1. The minimum absolute atomic E-state index is 0.0499. The normalized spacial score (nSPS) is 21.1. The Morgan fingerprint density at radius 2 is 2.00 bits per heavy atom. The van der Waals surface area contributed by atoms with Crippen molar-refractivity contribution in [2.24, 2.45) is 0 Å². The monoisotopic (exact) mass is 260 g/mol. The van der Waals surface area contributed by atoms with Crippen LogP contribution in [0.25, 0.3) is 0 Å². The van der Waals surface area contributed by atoms with Crippen molar-refractivity contribution in [1.29, 1.82) is 0 Å². The zero-order valence-electron chi connectivity index (χ0n) is 11.9. The highest BCUT2D eigenvalue weighted by Crippen LogP contribution is 2.21. The Balaban J connectivity index is 2.11. The van der Waals surface area contributed by atoms with Gasteiger partial charge in [-0.05, 0) is 31.9 Å². The van der Waals surface area contributed by atoms with Crippen LogP contribution in [0.3, 0.4) is 0 Å². The Hall–Kier alpha value is -1.68. The number of nitrogens with one attached hydrogen (secondary N) is 1. The number of likely N-dealkylation sites (tertiary alicyclic amines) is 1. The number of hydrogen-bond acceptors (Lipinski definition) is 3. The topological polar surface area (TPSA) is 49.4 Å². The summed E-state index contributed by atoms with van der Waals surface area (Å²) in [6.07, 6.45) is 0.255. The Kier molecular flexibility index (Phi) is 3.71. The number of aryl methyl sites for hydroxylation is 2. The number of nitrogens with zero attached hydrogens (tertiary/aromatic N) is 1. The maximum atomic E-state index is 11.9. The molecule has 0 spiro atoms. The number of benzene rings is 1. The first-order chi connectivity index (χ1) is 8.90. The Bertz CT molecular complexity index is 525. The van der Waals surface area contributed by atoms with Crippen molar-refractivity contribution in [1.82, 2.24) is 10.2 Å². The largest absolute Gasteiger partial charge is 0.299 e. The summed E-state index contributed by atoms with van der Waals surface area (Å²) < 4.78 is 0. The Morgan fingerprint density at radius 1 is 1.32 bits per heavy atom. The second-order valence-electron chi connectivity index (χ2n) is 5.30. The van der Waals surface area contributed by atoms with E-state index < -0.39 is 6.04 Å². The van der Waals surface area contributed by atoms with Gasteiger partial charge < -0.3 is 0 Å². The summed E-state index contributed by atoms with van der Waals surface area (Å²) in [4.78, 5) is 24.6. The van der Waals surface area contributed by atoms with Gasteiger partial charge in [0.2, 0.25) is 11.8 Å². The van der Waals surface area contributed by atoms with Crippen LogP contribution < -0.4 is 5.32 Å². The van der Waals surface area contributed by atoms with E-state index in [2.05, 4.69) is 37.4 Å². The van der Waals surface area contributed by atoms with Crippen LogP contribution in [0.1, 0.15) is 36.1 Å². The first-order valence-corrected chi connectivity index (χ1v) is 6.53. The van der Waals surface area contributed by atoms with Gasteiger partial charge in [0.15, 0.2) is 0 Å². The molecule has 0 aromatic heterocycles. The number of likely N-dealkylation sites (N-methyl/N-ethyl adjacent to an activating group) is 1. The van der Waals surface area contributed by atoms with Crippen molar-refractivity contribution in [3.05, 3.63) is 34.9 Å². The number of carbonyl (C=O) groups is 2. The van der Waals surface area contributed by atoms with E-state index in [-0.39, 0.29) is 24.3 Å². The van der Waals surface area contributed by atoms with Crippen LogP contribution in [0.15, 0.2) is 18.2 Å². The summed E-state index contributed by atoms with van der Waals surface area (Å²) in [5.41, 5.74) is 3.59. The van der Waals surface area contributed by atoms with Gasteiger partial charge in [-0.15, -0.1) is 0 Å². The van der Waals surface area contributed by atoms with Gasteiger partial charge in [-0.1, -0.05) is 23.8 Å². The minimum Gasteiger partial charge on any atom is -0.299 e. The van der Waals surface area contributed by atoms with Gasteiger partial charge in [0.05, 0.1) is 12.5 Å². The molecule has 1 aromatic rings. The van der Waals surface area contributed by atoms with E-state index in [0.29, 0.717) is 0 Å². The summed E-state index contributed by atoms with van der Waals surface area (Å²) in [7, 11) is 1.54. The van der Waals surface area contributed by atoms with Crippen LogP contribution in [0, 0.1) is 13.8 Å². The third kappa shape index (κ3) is 2.68. The lowest BCUT2D eigenvalue weighted by Gasteiger charge is -2.20. The molecule has 102 valence electrons. The lowest BCUT2D eigenvalue weighted by atomic mass is 9.99. The van der Waals surface area contributed by atoms with Crippen LogP contribution in [0.5, 0.6) is 0 Å². The summed E-state index contributed by atoms with van der Waals surface area (Å²) in [5, 5.41) is 3.25. The molecule has 0 saturated carbocycles. The first-order valence-electron chi connectivity index (χ1n) is 6.53. The molecule has 19 heavy (non-hydrogen) atoms. The lowest BCUT2D eigenvalue weighted by molar-refractivity contribution is -0.137. The molecule has 0 aliphatic carbocycles. The average Bonchev–Trinajstić information content (AvgIpc) is 2.57. The fourth-order valence-electron chi connectivity index (χ4n) is 2.59. The van der Waals surface area contributed by atoms with Crippen molar-refractivity contribution in [2.75, 3.05) is 7.05 Å². The molecular formula is C15H20N2O2. The minimum atomic E-state index is -0.395. The zero-order valence-corrected chi connectivity index (χ0v) is 11.9. The van der Waals surface area contributed by atoms with Crippen molar-refractivity contribution in [3.63, 3.8) is 0 Å². The number of carbonyl (C=O) groups excluding carboxylic acids is 2. The molecule has 1 aromatic carbocycles. The fraction of sp³-hybridized carbons (Fsp3) is 0.467. The maximum absolute atomic E-state index is 11.9. The highest BCUT2D eigenvalue weighted by atomic mass is 16.2. The average molecular weight is 260 g/mol. The number of imide groups is 1.